The van der Waals surface area contributed by atoms with Crippen LogP contribution in [0.3, 0.4) is 0 Å². The van der Waals surface area contributed by atoms with Crippen LogP contribution in [0, 0.1) is 0 Å². The molecule has 0 saturated carbocycles. The van der Waals surface area contributed by atoms with Crippen LogP contribution in [-0.4, -0.2) is 14.9 Å². The summed E-state index contributed by atoms with van der Waals surface area (Å²) < 4.78 is 60.2. The van der Waals surface area contributed by atoms with Gasteiger partial charge in [0.25, 0.3) is 0 Å². The Bertz CT molecular complexity index is 347. The molecule has 0 saturated heterocycles. The minimum absolute atomic E-state index is 0.0192. The molecule has 0 aromatic heterocycles. The van der Waals surface area contributed by atoms with Gasteiger partial charge in [-0.25, -0.2) is 4.21 Å². The first kappa shape index (κ1) is 12.0. The second-order valence-corrected chi connectivity index (χ2v) is 3.30. The molecule has 1 atom stereocenters. The van der Waals surface area contributed by atoms with E-state index in [2.05, 4.69) is 4.18 Å². The van der Waals surface area contributed by atoms with Gasteiger partial charge in [-0.2, -0.15) is 13.2 Å². The Hall–Kier alpha value is -1.08. The molecule has 1 aromatic carbocycles. The lowest BCUT2D eigenvalue weighted by molar-refractivity contribution is -0.127. The van der Waals surface area contributed by atoms with E-state index in [0.29, 0.717) is 0 Å². The van der Waals surface area contributed by atoms with Crippen molar-refractivity contribution in [3.8, 4) is 5.75 Å². The Kier molecular flexibility index (Phi) is 3.70. The van der Waals surface area contributed by atoms with E-state index < -0.39 is 24.0 Å². The van der Waals surface area contributed by atoms with Crippen molar-refractivity contribution in [3.05, 3.63) is 29.8 Å². The van der Waals surface area contributed by atoms with Crippen molar-refractivity contribution >= 4 is 11.4 Å². The van der Waals surface area contributed by atoms with Gasteiger partial charge in [-0.1, -0.05) is 12.1 Å². The highest BCUT2D eigenvalue weighted by molar-refractivity contribution is 7.74. The van der Waals surface area contributed by atoms with Crippen LogP contribution in [0.2, 0.25) is 0 Å². The first-order chi connectivity index (χ1) is 6.87. The lowest BCUT2D eigenvalue weighted by atomic mass is 10.1. The Labute approximate surface area is 86.4 Å². The van der Waals surface area contributed by atoms with Gasteiger partial charge in [0.1, 0.15) is 17.1 Å². The highest BCUT2D eigenvalue weighted by atomic mass is 32.2. The molecular weight excluding hydrogens is 233 g/mol. The fraction of sp³-hybridized carbons (Fsp3) is 0.250. The average Bonchev–Trinajstić information content (AvgIpc) is 2.05. The van der Waals surface area contributed by atoms with Gasteiger partial charge in [0.15, 0.2) is 0 Å². The number of halogens is 3. The minimum Gasteiger partial charge on any atom is -0.740 e. The molecule has 3 nitrogen and oxygen atoms in total. The third-order valence-corrected chi connectivity index (χ3v) is 1.82. The largest absolute Gasteiger partial charge is 0.740 e. The molecule has 0 bridgehead atoms. The minimum atomic E-state index is -4.27. The second kappa shape index (κ2) is 4.63. The zero-order chi connectivity index (χ0) is 11.5. The summed E-state index contributed by atoms with van der Waals surface area (Å²) in [5.41, 5.74) is 0.0477. The van der Waals surface area contributed by atoms with Gasteiger partial charge in [-0.05, 0) is 17.7 Å². The molecule has 0 heterocycles. The predicted octanol–water partition coefficient (Wildman–Crippen LogP) is 1.96. The molecule has 1 unspecified atom stereocenters. The van der Waals surface area contributed by atoms with Gasteiger partial charge in [0.2, 0.25) is 0 Å². The molecule has 84 valence electrons. The third kappa shape index (κ3) is 4.80. The molecule has 0 spiro atoms. The molecular formula is C8H6F3O3S-. The van der Waals surface area contributed by atoms with E-state index in [1.807, 2.05) is 0 Å². The monoisotopic (exact) mass is 239 g/mol. The summed E-state index contributed by atoms with van der Waals surface area (Å²) in [7, 11) is 0. The summed E-state index contributed by atoms with van der Waals surface area (Å²) in [6.45, 7) is 0. The molecule has 15 heavy (non-hydrogen) atoms. The van der Waals surface area contributed by atoms with Gasteiger partial charge in [0.05, 0.1) is 6.42 Å². The van der Waals surface area contributed by atoms with Crippen molar-refractivity contribution in [2.45, 2.75) is 12.6 Å². The van der Waals surface area contributed by atoms with Crippen LogP contribution >= 0.6 is 0 Å². The van der Waals surface area contributed by atoms with Crippen LogP contribution in [0.1, 0.15) is 5.56 Å². The van der Waals surface area contributed by atoms with Crippen molar-refractivity contribution in [3.63, 3.8) is 0 Å². The summed E-state index contributed by atoms with van der Waals surface area (Å²) in [6, 6.07) is 4.65. The number of rotatable bonds is 3. The summed E-state index contributed by atoms with van der Waals surface area (Å²) in [5, 5.41) is 0. The smallest absolute Gasteiger partial charge is 0.393 e. The van der Waals surface area contributed by atoms with E-state index in [0.717, 1.165) is 24.3 Å². The summed E-state index contributed by atoms with van der Waals surface area (Å²) in [6.07, 6.45) is -5.32. The first-order valence-electron chi connectivity index (χ1n) is 3.80. The molecule has 0 radical (unpaired) electrons. The molecule has 0 aliphatic carbocycles. The molecule has 1 rings (SSSR count). The van der Waals surface area contributed by atoms with Gasteiger partial charge in [-0.15, -0.1) is 0 Å². The highest BCUT2D eigenvalue weighted by Crippen LogP contribution is 2.22. The van der Waals surface area contributed by atoms with Crippen molar-refractivity contribution in [1.82, 2.24) is 0 Å². The van der Waals surface area contributed by atoms with Gasteiger partial charge in [0, 0.05) is 0 Å². The standard InChI is InChI=1S/C8H7F3O3S/c9-8(10,11)5-6-1-3-7(4-2-6)14-15(12)13/h1-4H,5H2,(H,12,13)/p-1. The van der Waals surface area contributed by atoms with Crippen LogP contribution in [0.15, 0.2) is 24.3 Å². The van der Waals surface area contributed by atoms with Crippen LogP contribution in [0.4, 0.5) is 13.2 Å². The Morgan fingerprint density at radius 3 is 2.20 bits per heavy atom. The van der Waals surface area contributed by atoms with Gasteiger partial charge in [-0.3, -0.25) is 0 Å². The SMILES string of the molecule is O=S([O-])Oc1ccc(CC(F)(F)F)cc1. The first-order valence-corrected chi connectivity index (χ1v) is 4.80. The Morgan fingerprint density at radius 1 is 1.27 bits per heavy atom. The van der Waals surface area contributed by atoms with Crippen LogP contribution < -0.4 is 4.18 Å². The van der Waals surface area contributed by atoms with Crippen molar-refractivity contribution < 1.29 is 26.1 Å². The van der Waals surface area contributed by atoms with E-state index in [4.69, 9.17) is 0 Å². The normalized spacial score (nSPS) is 13.6. The van der Waals surface area contributed by atoms with Crippen LogP contribution in [0.5, 0.6) is 5.75 Å². The van der Waals surface area contributed by atoms with Gasteiger partial charge >= 0.3 is 6.18 Å². The van der Waals surface area contributed by atoms with E-state index >= 15 is 0 Å². The fourth-order valence-electron chi connectivity index (χ4n) is 0.973. The Morgan fingerprint density at radius 2 is 1.80 bits per heavy atom. The third-order valence-electron chi connectivity index (χ3n) is 1.49. The lowest BCUT2D eigenvalue weighted by Gasteiger charge is -2.09. The van der Waals surface area contributed by atoms with E-state index in [-0.39, 0.29) is 11.3 Å². The summed E-state index contributed by atoms with van der Waals surface area (Å²) in [4.78, 5) is 0. The number of alkyl halides is 3. The average molecular weight is 239 g/mol. The molecule has 1 aromatic rings. The highest BCUT2D eigenvalue weighted by Gasteiger charge is 2.27. The maximum Gasteiger partial charge on any atom is 0.393 e. The topological polar surface area (TPSA) is 49.4 Å². The predicted molar refractivity (Wildman–Crippen MR) is 45.7 cm³/mol. The van der Waals surface area contributed by atoms with Crippen LogP contribution in [-0.2, 0) is 17.8 Å². The van der Waals surface area contributed by atoms with E-state index in [9.17, 15) is 21.9 Å². The van der Waals surface area contributed by atoms with Crippen LogP contribution in [0.25, 0.3) is 0 Å². The Balaban J connectivity index is 2.68. The van der Waals surface area contributed by atoms with Gasteiger partial charge < -0.3 is 8.74 Å². The molecule has 7 heteroatoms. The number of benzene rings is 1. The lowest BCUT2D eigenvalue weighted by Crippen LogP contribution is -2.11. The second-order valence-electron chi connectivity index (χ2n) is 2.72. The molecule has 0 aliphatic rings. The summed E-state index contributed by atoms with van der Waals surface area (Å²) in [5.74, 6) is -0.0192. The molecule has 0 amide bonds. The zero-order valence-electron chi connectivity index (χ0n) is 7.28. The van der Waals surface area contributed by atoms with Crippen molar-refractivity contribution in [2.75, 3.05) is 0 Å². The quantitative estimate of drug-likeness (QED) is 0.757. The molecule has 0 fully saturated rings. The molecule has 0 aliphatic heterocycles. The van der Waals surface area contributed by atoms with Crippen molar-refractivity contribution in [1.29, 1.82) is 0 Å². The molecule has 0 N–H and O–H groups in total. The maximum absolute atomic E-state index is 11.9. The maximum atomic E-state index is 11.9. The summed E-state index contributed by atoms with van der Waals surface area (Å²) >= 11 is -2.71. The van der Waals surface area contributed by atoms with Crippen molar-refractivity contribution in [2.24, 2.45) is 0 Å². The number of hydrogen-bond acceptors (Lipinski definition) is 3. The fourth-order valence-corrected chi connectivity index (χ4v) is 1.24. The van der Waals surface area contributed by atoms with E-state index in [1.165, 1.54) is 0 Å². The van der Waals surface area contributed by atoms with E-state index in [1.54, 1.807) is 0 Å². The number of hydrogen-bond donors (Lipinski definition) is 0. The zero-order valence-corrected chi connectivity index (χ0v) is 8.10.